The zero-order valence-electron chi connectivity index (χ0n) is 17.0. The molecular weight excluding hydrogens is 366 g/mol. The highest BCUT2D eigenvalue weighted by Gasteiger charge is 2.19. The second-order valence-electron chi connectivity index (χ2n) is 6.83. The summed E-state index contributed by atoms with van der Waals surface area (Å²) >= 11 is 0. The Kier molecular flexibility index (Phi) is 9.27. The van der Waals surface area contributed by atoms with Crippen LogP contribution in [-0.2, 0) is 6.54 Å². The fourth-order valence-electron chi connectivity index (χ4n) is 3.37. The monoisotopic (exact) mass is 398 g/mol. The molecule has 1 fully saturated rings. The summed E-state index contributed by atoms with van der Waals surface area (Å²) in [6.07, 6.45) is 2.41. The van der Waals surface area contributed by atoms with Gasteiger partial charge >= 0.3 is 6.61 Å². The lowest BCUT2D eigenvalue weighted by atomic mass is 9.98. The summed E-state index contributed by atoms with van der Waals surface area (Å²) in [5.74, 6) is 1.93. The van der Waals surface area contributed by atoms with Gasteiger partial charge in [-0.15, -0.1) is 0 Å². The number of likely N-dealkylation sites (tertiary alicyclic amines) is 1. The molecule has 1 heterocycles. The molecule has 1 aromatic carbocycles. The highest BCUT2D eigenvalue weighted by molar-refractivity contribution is 5.79. The van der Waals surface area contributed by atoms with Crippen LogP contribution in [0.25, 0.3) is 0 Å². The minimum Gasteiger partial charge on any atom is -0.497 e. The van der Waals surface area contributed by atoms with Crippen LogP contribution in [-0.4, -0.2) is 57.3 Å². The average Bonchev–Trinajstić information content (AvgIpc) is 2.70. The van der Waals surface area contributed by atoms with Crippen molar-refractivity contribution in [3.63, 3.8) is 0 Å². The molecule has 1 saturated heterocycles. The van der Waals surface area contributed by atoms with Gasteiger partial charge in [0, 0.05) is 25.2 Å². The summed E-state index contributed by atoms with van der Waals surface area (Å²) in [7, 11) is 1.53. The van der Waals surface area contributed by atoms with Crippen LogP contribution in [0.1, 0.15) is 32.3 Å². The molecule has 1 aliphatic heterocycles. The Hall–Kier alpha value is -2.09. The van der Waals surface area contributed by atoms with Gasteiger partial charge in [0.2, 0.25) is 0 Å². The number of rotatable bonds is 9. The summed E-state index contributed by atoms with van der Waals surface area (Å²) < 4.78 is 35.1. The molecule has 0 aliphatic carbocycles. The summed E-state index contributed by atoms with van der Waals surface area (Å²) in [4.78, 5) is 7.01. The summed E-state index contributed by atoms with van der Waals surface area (Å²) in [6, 6.07) is 4.75. The Labute approximate surface area is 166 Å². The molecule has 0 amide bonds. The summed E-state index contributed by atoms with van der Waals surface area (Å²) in [6.45, 7) is 6.40. The standard InChI is InChI=1S/C20H32F2N4O2/c1-4-23-20(24-12-15-7-6-10-26(5-2)14-15)25-13-16-11-17(27-3)8-9-18(16)28-19(21)22/h8-9,11,15,19H,4-7,10,12-14H2,1-3H3,(H2,23,24,25). The molecule has 2 N–H and O–H groups in total. The number of halogens is 2. The number of hydrogen-bond acceptors (Lipinski definition) is 4. The first-order valence-corrected chi connectivity index (χ1v) is 9.91. The topological polar surface area (TPSA) is 58.1 Å². The molecule has 1 aromatic rings. The van der Waals surface area contributed by atoms with E-state index in [1.165, 1.54) is 32.6 Å². The Morgan fingerprint density at radius 1 is 1.32 bits per heavy atom. The van der Waals surface area contributed by atoms with Crippen LogP contribution in [0.5, 0.6) is 11.5 Å². The van der Waals surface area contributed by atoms with Crippen LogP contribution in [0.2, 0.25) is 0 Å². The van der Waals surface area contributed by atoms with Gasteiger partial charge in [-0.1, -0.05) is 6.92 Å². The predicted octanol–water partition coefficient (Wildman–Crippen LogP) is 3.08. The Balaban J connectivity index is 2.03. The number of nitrogens with zero attached hydrogens (tertiary/aromatic N) is 2. The highest BCUT2D eigenvalue weighted by Crippen LogP contribution is 2.26. The van der Waals surface area contributed by atoms with Crippen molar-refractivity contribution in [1.29, 1.82) is 0 Å². The minimum absolute atomic E-state index is 0.112. The van der Waals surface area contributed by atoms with Crippen LogP contribution >= 0.6 is 0 Å². The molecule has 28 heavy (non-hydrogen) atoms. The Morgan fingerprint density at radius 3 is 2.82 bits per heavy atom. The maximum Gasteiger partial charge on any atom is 0.387 e. The van der Waals surface area contributed by atoms with E-state index < -0.39 is 6.61 Å². The normalized spacial score (nSPS) is 18.2. The Bertz CT molecular complexity index is 628. The summed E-state index contributed by atoms with van der Waals surface area (Å²) in [5, 5.41) is 6.60. The van der Waals surface area contributed by atoms with Crippen molar-refractivity contribution in [3.05, 3.63) is 23.8 Å². The number of benzene rings is 1. The van der Waals surface area contributed by atoms with E-state index in [1.807, 2.05) is 6.92 Å². The first-order chi connectivity index (χ1) is 13.5. The zero-order chi connectivity index (χ0) is 20.4. The first-order valence-electron chi connectivity index (χ1n) is 9.91. The van der Waals surface area contributed by atoms with Crippen molar-refractivity contribution in [2.24, 2.45) is 10.9 Å². The number of hydrogen-bond donors (Lipinski definition) is 2. The molecule has 1 unspecified atom stereocenters. The van der Waals surface area contributed by atoms with Gasteiger partial charge in [0.1, 0.15) is 11.5 Å². The lowest BCUT2D eigenvalue weighted by Crippen LogP contribution is -2.44. The smallest absolute Gasteiger partial charge is 0.387 e. The molecule has 0 saturated carbocycles. The highest BCUT2D eigenvalue weighted by atomic mass is 19.3. The van der Waals surface area contributed by atoms with Crippen molar-refractivity contribution >= 4 is 5.96 Å². The van der Waals surface area contributed by atoms with Crippen molar-refractivity contribution in [2.75, 3.05) is 39.8 Å². The molecule has 0 radical (unpaired) electrons. The van der Waals surface area contributed by atoms with Gasteiger partial charge < -0.3 is 25.0 Å². The maximum atomic E-state index is 12.7. The van der Waals surface area contributed by atoms with E-state index in [9.17, 15) is 8.78 Å². The molecule has 2 rings (SSSR count). The van der Waals surface area contributed by atoms with Gasteiger partial charge in [0.25, 0.3) is 0 Å². The van der Waals surface area contributed by atoms with Crippen LogP contribution in [0.15, 0.2) is 23.2 Å². The van der Waals surface area contributed by atoms with Gasteiger partial charge in [-0.05, 0) is 57.0 Å². The number of aliphatic imine (C=N–C) groups is 1. The van der Waals surface area contributed by atoms with E-state index in [0.717, 1.165) is 26.2 Å². The molecular formula is C20H32F2N4O2. The second-order valence-corrected chi connectivity index (χ2v) is 6.83. The third-order valence-electron chi connectivity index (χ3n) is 4.84. The molecule has 1 aliphatic rings. The molecule has 6 nitrogen and oxygen atoms in total. The van der Waals surface area contributed by atoms with Crippen LogP contribution in [0, 0.1) is 5.92 Å². The SMILES string of the molecule is CCNC(=NCc1cc(OC)ccc1OC(F)F)NCC1CCCN(CC)C1. The zero-order valence-corrected chi connectivity index (χ0v) is 17.0. The van der Waals surface area contributed by atoms with E-state index in [0.29, 0.717) is 23.2 Å². The fraction of sp³-hybridized carbons (Fsp3) is 0.650. The maximum absolute atomic E-state index is 12.7. The van der Waals surface area contributed by atoms with E-state index >= 15 is 0 Å². The van der Waals surface area contributed by atoms with Crippen molar-refractivity contribution in [2.45, 2.75) is 39.8 Å². The summed E-state index contributed by atoms with van der Waals surface area (Å²) in [5.41, 5.74) is 0.548. The van der Waals surface area contributed by atoms with E-state index in [1.54, 1.807) is 12.1 Å². The molecule has 8 heteroatoms. The third kappa shape index (κ3) is 7.14. The largest absolute Gasteiger partial charge is 0.497 e. The number of methoxy groups -OCH3 is 1. The molecule has 0 bridgehead atoms. The molecule has 0 spiro atoms. The van der Waals surface area contributed by atoms with Gasteiger partial charge in [0.15, 0.2) is 5.96 Å². The van der Waals surface area contributed by atoms with E-state index in [2.05, 4.69) is 32.2 Å². The van der Waals surface area contributed by atoms with E-state index in [-0.39, 0.29) is 12.3 Å². The lowest BCUT2D eigenvalue weighted by molar-refractivity contribution is -0.0504. The minimum atomic E-state index is -2.88. The predicted molar refractivity (Wildman–Crippen MR) is 107 cm³/mol. The number of nitrogens with one attached hydrogen (secondary N) is 2. The Morgan fingerprint density at radius 2 is 2.14 bits per heavy atom. The third-order valence-corrected chi connectivity index (χ3v) is 4.84. The molecule has 0 aromatic heterocycles. The number of guanidine groups is 1. The number of piperidine rings is 1. The van der Waals surface area contributed by atoms with Gasteiger partial charge in [0.05, 0.1) is 13.7 Å². The quantitative estimate of drug-likeness (QED) is 0.495. The molecule has 158 valence electrons. The molecule has 1 atom stereocenters. The number of alkyl halides is 2. The van der Waals surface area contributed by atoms with Crippen LogP contribution in [0.4, 0.5) is 8.78 Å². The first kappa shape index (κ1) is 22.2. The van der Waals surface area contributed by atoms with Crippen LogP contribution < -0.4 is 20.1 Å². The van der Waals surface area contributed by atoms with Gasteiger partial charge in [-0.3, -0.25) is 0 Å². The van der Waals surface area contributed by atoms with E-state index in [4.69, 9.17) is 4.74 Å². The fourth-order valence-corrected chi connectivity index (χ4v) is 3.37. The van der Waals surface area contributed by atoms with Crippen molar-refractivity contribution in [3.8, 4) is 11.5 Å². The van der Waals surface area contributed by atoms with Crippen molar-refractivity contribution in [1.82, 2.24) is 15.5 Å². The second kappa shape index (κ2) is 11.7. The lowest BCUT2D eigenvalue weighted by Gasteiger charge is -2.32. The van der Waals surface area contributed by atoms with Gasteiger partial charge in [-0.2, -0.15) is 8.78 Å². The number of ether oxygens (including phenoxy) is 2. The van der Waals surface area contributed by atoms with Gasteiger partial charge in [-0.25, -0.2) is 4.99 Å². The van der Waals surface area contributed by atoms with Crippen LogP contribution in [0.3, 0.4) is 0 Å². The average molecular weight is 398 g/mol. The van der Waals surface area contributed by atoms with Crippen molar-refractivity contribution < 1.29 is 18.3 Å².